The van der Waals surface area contributed by atoms with Gasteiger partial charge in [0, 0.05) is 0 Å². The van der Waals surface area contributed by atoms with Gasteiger partial charge < -0.3 is 9.47 Å². The first kappa shape index (κ1) is 13.2. The van der Waals surface area contributed by atoms with E-state index in [9.17, 15) is 9.59 Å². The summed E-state index contributed by atoms with van der Waals surface area (Å²) in [6.07, 6.45) is -0.0415. The number of hydrogen-bond donors (Lipinski definition) is 0. The summed E-state index contributed by atoms with van der Waals surface area (Å²) in [5.41, 5.74) is -0.277. The van der Waals surface area contributed by atoms with Crippen molar-refractivity contribution >= 4 is 11.9 Å². The van der Waals surface area contributed by atoms with Crippen LogP contribution in [0.1, 0.15) is 18.9 Å². The van der Waals surface area contributed by atoms with Crippen LogP contribution < -0.4 is 0 Å². The largest absolute Gasteiger partial charge is 0.469 e. The number of benzene rings is 1. The number of methoxy groups -OCH3 is 2. The Kier molecular flexibility index (Phi) is 4.26. The van der Waals surface area contributed by atoms with E-state index in [0.29, 0.717) is 0 Å². The third-order valence-corrected chi connectivity index (χ3v) is 2.77. The van der Waals surface area contributed by atoms with Crippen LogP contribution >= 0.6 is 0 Å². The van der Waals surface area contributed by atoms with Crippen LogP contribution in [0.25, 0.3) is 0 Å². The summed E-state index contributed by atoms with van der Waals surface area (Å²) in [6, 6.07) is 9.06. The van der Waals surface area contributed by atoms with Crippen molar-refractivity contribution in [2.45, 2.75) is 18.8 Å². The minimum atomic E-state index is -1.01. The molecule has 0 aliphatic rings. The van der Waals surface area contributed by atoms with E-state index in [1.165, 1.54) is 14.2 Å². The van der Waals surface area contributed by atoms with E-state index in [2.05, 4.69) is 4.74 Å². The van der Waals surface area contributed by atoms with Crippen molar-refractivity contribution in [3.63, 3.8) is 0 Å². The number of esters is 2. The molecule has 17 heavy (non-hydrogen) atoms. The molecular weight excluding hydrogens is 220 g/mol. The molecule has 4 heteroatoms. The van der Waals surface area contributed by atoms with Gasteiger partial charge in [0.25, 0.3) is 0 Å². The van der Waals surface area contributed by atoms with Crippen LogP contribution in [0.15, 0.2) is 30.3 Å². The van der Waals surface area contributed by atoms with E-state index in [4.69, 9.17) is 4.74 Å². The average molecular weight is 236 g/mol. The Hall–Kier alpha value is -1.84. The fourth-order valence-corrected chi connectivity index (χ4v) is 1.68. The molecule has 92 valence electrons. The minimum absolute atomic E-state index is 0.0415. The fourth-order valence-electron chi connectivity index (χ4n) is 1.68. The summed E-state index contributed by atoms with van der Waals surface area (Å²) in [7, 11) is 2.60. The van der Waals surface area contributed by atoms with Crippen LogP contribution in [0.2, 0.25) is 0 Å². The van der Waals surface area contributed by atoms with E-state index in [0.717, 1.165) is 5.56 Å². The molecule has 1 unspecified atom stereocenters. The summed E-state index contributed by atoms with van der Waals surface area (Å²) in [6.45, 7) is 1.67. The van der Waals surface area contributed by atoms with Crippen LogP contribution in [0, 0.1) is 0 Å². The van der Waals surface area contributed by atoms with Crippen molar-refractivity contribution in [1.29, 1.82) is 0 Å². The maximum atomic E-state index is 11.9. The molecule has 4 nitrogen and oxygen atoms in total. The van der Waals surface area contributed by atoms with Gasteiger partial charge in [0.1, 0.15) is 5.41 Å². The summed E-state index contributed by atoms with van der Waals surface area (Å²) in [5, 5.41) is 0. The standard InChI is InChI=1S/C13H16O4/c1-13(12(15)17-3,9-11(14)16-2)10-7-5-4-6-8-10/h4-8H,9H2,1-3H3. The number of ether oxygens (including phenoxy) is 2. The molecule has 0 aliphatic carbocycles. The highest BCUT2D eigenvalue weighted by atomic mass is 16.5. The smallest absolute Gasteiger partial charge is 0.316 e. The van der Waals surface area contributed by atoms with Crippen LogP contribution in [0.3, 0.4) is 0 Å². The highest BCUT2D eigenvalue weighted by molar-refractivity contribution is 5.88. The molecule has 0 N–H and O–H groups in total. The first-order valence-electron chi connectivity index (χ1n) is 5.25. The Morgan fingerprint density at radius 3 is 2.18 bits per heavy atom. The number of carbonyl (C=O) groups is 2. The number of hydrogen-bond acceptors (Lipinski definition) is 4. The van der Waals surface area contributed by atoms with E-state index < -0.39 is 17.4 Å². The Labute approximate surface area is 101 Å². The summed E-state index contributed by atoms with van der Waals surface area (Å²) >= 11 is 0. The highest BCUT2D eigenvalue weighted by Crippen LogP contribution is 2.29. The lowest BCUT2D eigenvalue weighted by Crippen LogP contribution is -2.36. The molecule has 0 aliphatic heterocycles. The van der Waals surface area contributed by atoms with E-state index in [1.807, 2.05) is 18.2 Å². The van der Waals surface area contributed by atoms with E-state index in [1.54, 1.807) is 19.1 Å². The molecule has 0 amide bonds. The molecule has 1 aromatic rings. The summed E-state index contributed by atoms with van der Waals surface area (Å²) in [5.74, 6) is -0.893. The fraction of sp³-hybridized carbons (Fsp3) is 0.385. The lowest BCUT2D eigenvalue weighted by atomic mass is 9.79. The Morgan fingerprint density at radius 2 is 1.71 bits per heavy atom. The zero-order chi connectivity index (χ0) is 12.9. The summed E-state index contributed by atoms with van der Waals surface area (Å²) < 4.78 is 9.38. The first-order chi connectivity index (χ1) is 8.04. The van der Waals surface area contributed by atoms with E-state index >= 15 is 0 Å². The molecule has 0 spiro atoms. The molecule has 0 bridgehead atoms. The van der Waals surface area contributed by atoms with Gasteiger partial charge in [0.2, 0.25) is 0 Å². The predicted octanol–water partition coefficient (Wildman–Crippen LogP) is 1.68. The zero-order valence-electron chi connectivity index (χ0n) is 10.2. The quantitative estimate of drug-likeness (QED) is 0.746. The Bertz CT molecular complexity index is 399. The molecule has 0 radical (unpaired) electrons. The van der Waals surface area contributed by atoms with Crippen molar-refractivity contribution in [3.8, 4) is 0 Å². The minimum Gasteiger partial charge on any atom is -0.469 e. The van der Waals surface area contributed by atoms with E-state index in [-0.39, 0.29) is 6.42 Å². The third-order valence-electron chi connectivity index (χ3n) is 2.77. The predicted molar refractivity (Wildman–Crippen MR) is 62.4 cm³/mol. The van der Waals surface area contributed by atoms with Crippen molar-refractivity contribution in [1.82, 2.24) is 0 Å². The van der Waals surface area contributed by atoms with Crippen molar-refractivity contribution in [3.05, 3.63) is 35.9 Å². The third kappa shape index (κ3) is 2.84. The molecule has 1 aromatic carbocycles. The Balaban J connectivity index is 3.11. The lowest BCUT2D eigenvalue weighted by molar-refractivity contribution is -0.153. The topological polar surface area (TPSA) is 52.6 Å². The molecule has 0 saturated carbocycles. The SMILES string of the molecule is COC(=O)CC(C)(C(=O)OC)c1ccccc1. The van der Waals surface area contributed by atoms with Gasteiger partial charge in [0.05, 0.1) is 20.6 Å². The number of rotatable bonds is 4. The van der Waals surface area contributed by atoms with Crippen LogP contribution in [-0.4, -0.2) is 26.2 Å². The molecule has 0 heterocycles. The molecule has 1 atom stereocenters. The van der Waals surface area contributed by atoms with Gasteiger partial charge >= 0.3 is 11.9 Å². The van der Waals surface area contributed by atoms with Gasteiger partial charge in [-0.1, -0.05) is 30.3 Å². The van der Waals surface area contributed by atoms with Crippen LogP contribution in [0.5, 0.6) is 0 Å². The number of carbonyl (C=O) groups excluding carboxylic acids is 2. The van der Waals surface area contributed by atoms with Crippen molar-refractivity contribution in [2.75, 3.05) is 14.2 Å². The molecular formula is C13H16O4. The second-order valence-corrected chi connectivity index (χ2v) is 3.94. The second kappa shape index (κ2) is 5.48. The second-order valence-electron chi connectivity index (χ2n) is 3.94. The van der Waals surface area contributed by atoms with Crippen molar-refractivity contribution < 1.29 is 19.1 Å². The van der Waals surface area contributed by atoms with Crippen molar-refractivity contribution in [2.24, 2.45) is 0 Å². The van der Waals surface area contributed by atoms with Gasteiger partial charge in [-0.2, -0.15) is 0 Å². The first-order valence-corrected chi connectivity index (χ1v) is 5.25. The van der Waals surface area contributed by atoms with Gasteiger partial charge in [0.15, 0.2) is 0 Å². The van der Waals surface area contributed by atoms with Crippen LogP contribution in [-0.2, 0) is 24.5 Å². The molecule has 0 fully saturated rings. The molecule has 1 rings (SSSR count). The summed E-state index contributed by atoms with van der Waals surface area (Å²) in [4.78, 5) is 23.2. The van der Waals surface area contributed by atoms with Gasteiger partial charge in [-0.05, 0) is 12.5 Å². The maximum absolute atomic E-state index is 11.9. The Morgan fingerprint density at radius 1 is 1.12 bits per heavy atom. The van der Waals surface area contributed by atoms with Crippen LogP contribution in [0.4, 0.5) is 0 Å². The van der Waals surface area contributed by atoms with Gasteiger partial charge in [-0.25, -0.2) is 0 Å². The maximum Gasteiger partial charge on any atom is 0.316 e. The monoisotopic (exact) mass is 236 g/mol. The zero-order valence-corrected chi connectivity index (χ0v) is 10.2. The normalized spacial score (nSPS) is 13.6. The van der Waals surface area contributed by atoms with Gasteiger partial charge in [-0.3, -0.25) is 9.59 Å². The highest BCUT2D eigenvalue weighted by Gasteiger charge is 2.38. The molecule has 0 saturated heterocycles. The average Bonchev–Trinajstić information content (AvgIpc) is 2.38. The molecule has 0 aromatic heterocycles. The lowest BCUT2D eigenvalue weighted by Gasteiger charge is -2.25. The van der Waals surface area contributed by atoms with Gasteiger partial charge in [-0.15, -0.1) is 0 Å².